The van der Waals surface area contributed by atoms with Gasteiger partial charge in [-0.25, -0.2) is 4.79 Å². The number of hydrogen-bond acceptors (Lipinski definition) is 4. The maximum absolute atomic E-state index is 12.0. The molecule has 0 spiro atoms. The van der Waals surface area contributed by atoms with E-state index in [4.69, 9.17) is 10.8 Å². The van der Waals surface area contributed by atoms with Crippen molar-refractivity contribution in [2.24, 2.45) is 0 Å². The van der Waals surface area contributed by atoms with E-state index in [9.17, 15) is 9.59 Å². The van der Waals surface area contributed by atoms with Crippen molar-refractivity contribution in [2.45, 2.75) is 25.3 Å². The minimum Gasteiger partial charge on any atom is -0.478 e. The number of amides is 1. The van der Waals surface area contributed by atoms with Gasteiger partial charge in [-0.15, -0.1) is 0 Å². The minimum absolute atomic E-state index is 0.0650. The number of nitrogens with two attached hydrogens (primary N) is 1. The fourth-order valence-electron chi connectivity index (χ4n) is 2.58. The van der Waals surface area contributed by atoms with Gasteiger partial charge in [-0.05, 0) is 37.5 Å². The van der Waals surface area contributed by atoms with E-state index < -0.39 is 5.97 Å². The Bertz CT molecular complexity index is 530. The van der Waals surface area contributed by atoms with Gasteiger partial charge in [-0.2, -0.15) is 0 Å². The monoisotopic (exact) mass is 277 g/mol. The first-order valence-electron chi connectivity index (χ1n) is 6.65. The number of anilines is 2. The first-order valence-corrected chi connectivity index (χ1v) is 6.65. The Kier molecular flexibility index (Phi) is 4.12. The maximum atomic E-state index is 12.0. The molecule has 0 saturated carbocycles. The largest absolute Gasteiger partial charge is 0.478 e. The molecule has 1 aliphatic rings. The second-order valence-corrected chi connectivity index (χ2v) is 4.90. The fourth-order valence-corrected chi connectivity index (χ4v) is 2.58. The first-order chi connectivity index (χ1) is 9.54. The number of carbonyl (C=O) groups is 2. The zero-order valence-electron chi connectivity index (χ0n) is 11.4. The number of piperidine rings is 1. The Morgan fingerprint density at radius 3 is 2.80 bits per heavy atom. The van der Waals surface area contributed by atoms with Gasteiger partial charge in [0.2, 0.25) is 5.91 Å². The van der Waals surface area contributed by atoms with Crippen LogP contribution in [0.3, 0.4) is 0 Å². The first kappa shape index (κ1) is 14.2. The molecular formula is C14H19N3O3. The number of carboxylic acids is 1. The molecule has 1 amide bonds. The minimum atomic E-state index is -1.00. The Morgan fingerprint density at radius 2 is 2.15 bits per heavy atom. The van der Waals surface area contributed by atoms with Crippen LogP contribution in [0.5, 0.6) is 0 Å². The van der Waals surface area contributed by atoms with Gasteiger partial charge in [-0.3, -0.25) is 4.79 Å². The molecule has 0 bridgehead atoms. The lowest BCUT2D eigenvalue weighted by Gasteiger charge is -2.37. The summed E-state index contributed by atoms with van der Waals surface area (Å²) in [7, 11) is 1.60. The van der Waals surface area contributed by atoms with Gasteiger partial charge in [0.25, 0.3) is 0 Å². The van der Waals surface area contributed by atoms with Gasteiger partial charge in [0, 0.05) is 13.6 Å². The molecule has 1 unspecified atom stereocenters. The number of nitrogens with zero attached hydrogens (tertiary/aromatic N) is 1. The van der Waals surface area contributed by atoms with E-state index in [-0.39, 0.29) is 17.5 Å². The van der Waals surface area contributed by atoms with Crippen LogP contribution in [-0.4, -0.2) is 36.6 Å². The Labute approximate surface area is 117 Å². The van der Waals surface area contributed by atoms with E-state index >= 15 is 0 Å². The van der Waals surface area contributed by atoms with Crippen molar-refractivity contribution >= 4 is 23.3 Å². The molecule has 1 heterocycles. The second kappa shape index (κ2) is 5.81. The average molecular weight is 277 g/mol. The lowest BCUT2D eigenvalue weighted by Crippen LogP contribution is -2.49. The van der Waals surface area contributed by atoms with Crippen molar-refractivity contribution in [1.29, 1.82) is 0 Å². The molecule has 6 heteroatoms. The van der Waals surface area contributed by atoms with Crippen LogP contribution in [0.25, 0.3) is 0 Å². The molecule has 1 aliphatic heterocycles. The van der Waals surface area contributed by atoms with Crippen LogP contribution in [0, 0.1) is 0 Å². The number of nitrogen functional groups attached to an aromatic ring is 1. The van der Waals surface area contributed by atoms with Gasteiger partial charge in [-0.1, -0.05) is 0 Å². The molecule has 1 atom stereocenters. The summed E-state index contributed by atoms with van der Waals surface area (Å²) in [6, 6.07) is 4.30. The topological polar surface area (TPSA) is 95.7 Å². The number of aromatic carboxylic acids is 1. The van der Waals surface area contributed by atoms with Crippen LogP contribution < -0.4 is 16.0 Å². The number of benzene rings is 1. The highest BCUT2D eigenvalue weighted by atomic mass is 16.4. The van der Waals surface area contributed by atoms with E-state index in [1.807, 2.05) is 4.90 Å². The number of carboxylic acid groups (broad SMARTS) is 1. The number of hydrogen-bond donors (Lipinski definition) is 3. The Morgan fingerprint density at radius 1 is 1.40 bits per heavy atom. The van der Waals surface area contributed by atoms with Crippen molar-refractivity contribution in [3.05, 3.63) is 23.8 Å². The molecule has 1 fully saturated rings. The molecular weight excluding hydrogens is 258 g/mol. The van der Waals surface area contributed by atoms with E-state index in [2.05, 4.69) is 5.32 Å². The Balaban J connectivity index is 2.39. The number of nitrogens with one attached hydrogen (secondary N) is 1. The molecule has 0 radical (unpaired) electrons. The predicted octanol–water partition coefficient (Wildman–Crippen LogP) is 1.07. The van der Waals surface area contributed by atoms with Gasteiger partial charge < -0.3 is 21.1 Å². The number of likely N-dealkylation sites (N-methyl/N-ethyl adjacent to an activating group) is 1. The van der Waals surface area contributed by atoms with Crippen molar-refractivity contribution < 1.29 is 14.7 Å². The van der Waals surface area contributed by atoms with Crippen molar-refractivity contribution in [1.82, 2.24) is 5.32 Å². The lowest BCUT2D eigenvalue weighted by atomic mass is 9.99. The molecule has 20 heavy (non-hydrogen) atoms. The van der Waals surface area contributed by atoms with Crippen molar-refractivity contribution in [3.8, 4) is 0 Å². The molecule has 4 N–H and O–H groups in total. The summed E-state index contributed by atoms with van der Waals surface area (Å²) in [5.74, 6) is -1.07. The zero-order chi connectivity index (χ0) is 14.7. The van der Waals surface area contributed by atoms with Crippen molar-refractivity contribution in [3.63, 3.8) is 0 Å². The van der Waals surface area contributed by atoms with Gasteiger partial charge in [0.15, 0.2) is 0 Å². The van der Waals surface area contributed by atoms with Crippen molar-refractivity contribution in [2.75, 3.05) is 24.2 Å². The van der Waals surface area contributed by atoms with Gasteiger partial charge >= 0.3 is 5.97 Å². The Hall–Kier alpha value is -2.24. The third-order valence-corrected chi connectivity index (χ3v) is 3.64. The molecule has 108 valence electrons. The highest BCUT2D eigenvalue weighted by Crippen LogP contribution is 2.30. The lowest BCUT2D eigenvalue weighted by molar-refractivity contribution is -0.122. The molecule has 0 aromatic heterocycles. The normalized spacial score (nSPS) is 18.6. The van der Waals surface area contributed by atoms with E-state index in [1.165, 1.54) is 6.07 Å². The maximum Gasteiger partial charge on any atom is 0.335 e. The molecule has 6 nitrogen and oxygen atoms in total. The summed E-state index contributed by atoms with van der Waals surface area (Å²) in [6.45, 7) is 0.700. The molecule has 0 aliphatic carbocycles. The van der Waals surface area contributed by atoms with Gasteiger partial charge in [0.05, 0.1) is 16.9 Å². The third kappa shape index (κ3) is 2.68. The number of rotatable bonds is 3. The SMILES string of the molecule is CNC(=O)C1CCCCN1c1cc(C(=O)O)ccc1N. The highest BCUT2D eigenvalue weighted by molar-refractivity contribution is 5.92. The summed E-state index contributed by atoms with van der Waals surface area (Å²) < 4.78 is 0. The molecule has 1 aromatic carbocycles. The summed E-state index contributed by atoms with van der Waals surface area (Å²) >= 11 is 0. The average Bonchev–Trinajstić information content (AvgIpc) is 2.46. The molecule has 1 aromatic rings. The highest BCUT2D eigenvalue weighted by Gasteiger charge is 2.29. The summed E-state index contributed by atoms with van der Waals surface area (Å²) in [5.41, 5.74) is 7.25. The smallest absolute Gasteiger partial charge is 0.335 e. The predicted molar refractivity (Wildman–Crippen MR) is 76.9 cm³/mol. The summed E-state index contributed by atoms with van der Waals surface area (Å²) in [5, 5.41) is 11.7. The van der Waals surface area contributed by atoms with Crippen LogP contribution >= 0.6 is 0 Å². The third-order valence-electron chi connectivity index (χ3n) is 3.64. The van der Waals surface area contributed by atoms with E-state index in [1.54, 1.807) is 19.2 Å². The van der Waals surface area contributed by atoms with Crippen LogP contribution in [0.4, 0.5) is 11.4 Å². The summed E-state index contributed by atoms with van der Waals surface area (Å²) in [4.78, 5) is 25.0. The van der Waals surface area contributed by atoms with Gasteiger partial charge in [0.1, 0.15) is 6.04 Å². The van der Waals surface area contributed by atoms with E-state index in [0.717, 1.165) is 19.3 Å². The van der Waals surface area contributed by atoms with E-state index in [0.29, 0.717) is 17.9 Å². The zero-order valence-corrected chi connectivity index (χ0v) is 11.4. The van der Waals surface area contributed by atoms with Crippen LogP contribution in [-0.2, 0) is 4.79 Å². The molecule has 1 saturated heterocycles. The molecule has 2 rings (SSSR count). The standard InChI is InChI=1S/C14H19N3O3/c1-16-13(18)11-4-2-3-7-17(11)12-8-9(14(19)20)5-6-10(12)15/h5-6,8,11H,2-4,7,15H2,1H3,(H,16,18)(H,19,20). The fraction of sp³-hybridized carbons (Fsp3) is 0.429. The van der Waals surface area contributed by atoms with Crippen LogP contribution in [0.1, 0.15) is 29.6 Å². The summed E-state index contributed by atoms with van der Waals surface area (Å²) in [6.07, 6.45) is 2.69. The quantitative estimate of drug-likeness (QED) is 0.718. The number of carbonyl (C=O) groups excluding carboxylic acids is 1. The second-order valence-electron chi connectivity index (χ2n) is 4.90. The van der Waals surface area contributed by atoms with Crippen LogP contribution in [0.2, 0.25) is 0 Å². The van der Waals surface area contributed by atoms with Crippen LogP contribution in [0.15, 0.2) is 18.2 Å².